The third-order valence-electron chi connectivity index (χ3n) is 2.87. The molecule has 0 spiro atoms. The Hall–Kier alpha value is -1.91. The van der Waals surface area contributed by atoms with Gasteiger partial charge in [-0.25, -0.2) is 0 Å². The summed E-state index contributed by atoms with van der Waals surface area (Å²) in [5.41, 5.74) is 5.05. The number of nitrogens with one attached hydrogen (secondary N) is 1. The van der Waals surface area contributed by atoms with Crippen molar-refractivity contribution in [2.24, 2.45) is 5.10 Å². The van der Waals surface area contributed by atoms with E-state index in [2.05, 4.69) is 10.5 Å². The van der Waals surface area contributed by atoms with E-state index in [4.69, 9.17) is 23.2 Å². The maximum absolute atomic E-state index is 6.19. The normalized spacial score (nSPS) is 13.9. The van der Waals surface area contributed by atoms with Crippen LogP contribution in [0.15, 0.2) is 53.6 Å². The van der Waals surface area contributed by atoms with Crippen LogP contribution in [0.4, 0.5) is 11.4 Å². The van der Waals surface area contributed by atoms with Gasteiger partial charge in [0.15, 0.2) is 0 Å². The molecule has 0 amide bonds. The first kappa shape index (κ1) is 13.1. The second-order valence-electron chi connectivity index (χ2n) is 4.32. The summed E-state index contributed by atoms with van der Waals surface area (Å²) in [5.74, 6) is 0. The van der Waals surface area contributed by atoms with Crippen LogP contribution in [0.5, 0.6) is 0 Å². The van der Waals surface area contributed by atoms with Crippen molar-refractivity contribution in [2.75, 3.05) is 17.0 Å². The number of anilines is 2. The zero-order valence-corrected chi connectivity index (χ0v) is 12.0. The second kappa shape index (κ2) is 5.61. The Morgan fingerprint density at radius 2 is 1.85 bits per heavy atom. The van der Waals surface area contributed by atoms with Crippen LogP contribution in [0.25, 0.3) is 0 Å². The van der Waals surface area contributed by atoms with Crippen LogP contribution in [0.2, 0.25) is 10.0 Å². The van der Waals surface area contributed by atoms with Crippen LogP contribution in [0.1, 0.15) is 0 Å². The molecular weight excluding hydrogens is 295 g/mol. The number of rotatable bonds is 3. The number of hydrogen-bond donors (Lipinski definition) is 1. The summed E-state index contributed by atoms with van der Waals surface area (Å²) < 4.78 is 0. The van der Waals surface area contributed by atoms with Crippen LogP contribution in [0.3, 0.4) is 0 Å². The molecule has 0 radical (unpaired) electrons. The highest BCUT2D eigenvalue weighted by atomic mass is 35.5. The molecule has 20 heavy (non-hydrogen) atoms. The van der Waals surface area contributed by atoms with Crippen molar-refractivity contribution < 1.29 is 0 Å². The fourth-order valence-electron chi connectivity index (χ4n) is 1.92. The van der Waals surface area contributed by atoms with Crippen LogP contribution in [0, 0.1) is 0 Å². The molecule has 2 aromatic carbocycles. The van der Waals surface area contributed by atoms with Gasteiger partial charge in [-0.15, -0.1) is 5.10 Å². The molecule has 2 aromatic rings. The summed E-state index contributed by atoms with van der Waals surface area (Å²) in [4.78, 5) is 1.94. The van der Waals surface area contributed by atoms with Crippen molar-refractivity contribution in [3.8, 4) is 0 Å². The second-order valence-corrected chi connectivity index (χ2v) is 5.16. The van der Waals surface area contributed by atoms with Gasteiger partial charge >= 0.3 is 0 Å². The Balaban J connectivity index is 1.70. The molecule has 1 N–H and O–H groups in total. The van der Waals surface area contributed by atoms with Gasteiger partial charge in [-0.05, 0) is 30.3 Å². The standard InChI is InChI=1S/C14H12Cl2N4/c15-11-6-7-14(13(16)8-11)19-9-17-20(10-19)18-12-4-2-1-3-5-12/h1-9,18H,10H2. The van der Waals surface area contributed by atoms with E-state index in [0.717, 1.165) is 11.4 Å². The fraction of sp³-hybridized carbons (Fsp3) is 0.0714. The van der Waals surface area contributed by atoms with Gasteiger partial charge in [-0.3, -0.25) is 5.43 Å². The summed E-state index contributed by atoms with van der Waals surface area (Å²) >= 11 is 12.1. The molecule has 0 fully saturated rings. The number of hydrazone groups is 1. The lowest BCUT2D eigenvalue weighted by Crippen LogP contribution is -2.30. The van der Waals surface area contributed by atoms with E-state index in [0.29, 0.717) is 16.7 Å². The Morgan fingerprint density at radius 1 is 1.05 bits per heavy atom. The van der Waals surface area contributed by atoms with Gasteiger partial charge in [0.1, 0.15) is 13.0 Å². The molecule has 3 rings (SSSR count). The highest BCUT2D eigenvalue weighted by molar-refractivity contribution is 6.36. The fourth-order valence-corrected chi connectivity index (χ4v) is 2.44. The molecule has 1 aliphatic heterocycles. The van der Waals surface area contributed by atoms with Gasteiger partial charge < -0.3 is 4.90 Å². The van der Waals surface area contributed by atoms with Gasteiger partial charge in [0.25, 0.3) is 0 Å². The SMILES string of the molecule is Clc1ccc(N2C=NN(Nc3ccccc3)C2)c(Cl)c1. The minimum Gasteiger partial charge on any atom is -0.307 e. The third-order valence-corrected chi connectivity index (χ3v) is 3.41. The Kier molecular flexibility index (Phi) is 3.67. The van der Waals surface area contributed by atoms with Crippen LogP contribution < -0.4 is 10.3 Å². The summed E-state index contributed by atoms with van der Waals surface area (Å²) in [7, 11) is 0. The number of nitrogens with zero attached hydrogens (tertiary/aromatic N) is 3. The molecule has 0 atom stereocenters. The lowest BCUT2D eigenvalue weighted by Gasteiger charge is -2.21. The molecule has 0 saturated heterocycles. The van der Waals surface area contributed by atoms with Crippen molar-refractivity contribution in [3.63, 3.8) is 0 Å². The van der Waals surface area contributed by atoms with Gasteiger partial charge in [-0.1, -0.05) is 41.4 Å². The van der Waals surface area contributed by atoms with Gasteiger partial charge in [0.2, 0.25) is 0 Å². The smallest absolute Gasteiger partial charge is 0.135 e. The molecule has 102 valence electrons. The minimum atomic E-state index is 0.566. The molecule has 4 nitrogen and oxygen atoms in total. The molecule has 0 aliphatic carbocycles. The molecule has 6 heteroatoms. The topological polar surface area (TPSA) is 30.9 Å². The molecule has 1 heterocycles. The van der Waals surface area contributed by atoms with Gasteiger partial charge in [0, 0.05) is 5.02 Å². The van der Waals surface area contributed by atoms with Crippen molar-refractivity contribution in [2.45, 2.75) is 0 Å². The summed E-state index contributed by atoms with van der Waals surface area (Å²) in [6.45, 7) is 0.566. The number of benzene rings is 2. The number of halogens is 2. The first-order valence-electron chi connectivity index (χ1n) is 6.07. The molecule has 0 aromatic heterocycles. The first-order valence-corrected chi connectivity index (χ1v) is 6.83. The van der Waals surface area contributed by atoms with E-state index in [1.165, 1.54) is 0 Å². The molecule has 0 saturated carbocycles. The lowest BCUT2D eigenvalue weighted by atomic mass is 10.3. The summed E-state index contributed by atoms with van der Waals surface area (Å²) in [5, 5.41) is 7.24. The van der Waals surface area contributed by atoms with Gasteiger partial charge in [-0.2, -0.15) is 5.12 Å². The third kappa shape index (κ3) is 2.81. The zero-order chi connectivity index (χ0) is 13.9. The quantitative estimate of drug-likeness (QED) is 0.928. The van der Waals surface area contributed by atoms with E-state index < -0.39 is 0 Å². The Bertz CT molecular complexity index is 630. The van der Waals surface area contributed by atoms with Crippen LogP contribution in [-0.4, -0.2) is 18.1 Å². The summed E-state index contributed by atoms with van der Waals surface area (Å²) in [6.07, 6.45) is 1.73. The Morgan fingerprint density at radius 3 is 2.60 bits per heavy atom. The Labute approximate surface area is 127 Å². The van der Waals surface area contributed by atoms with E-state index in [9.17, 15) is 0 Å². The molecule has 1 aliphatic rings. The maximum Gasteiger partial charge on any atom is 0.135 e. The molecule has 0 bridgehead atoms. The number of hydrogen-bond acceptors (Lipinski definition) is 4. The van der Waals surface area contributed by atoms with E-state index in [1.54, 1.807) is 17.5 Å². The van der Waals surface area contributed by atoms with Crippen LogP contribution in [-0.2, 0) is 0 Å². The van der Waals surface area contributed by atoms with E-state index in [-0.39, 0.29) is 0 Å². The summed E-state index contributed by atoms with van der Waals surface area (Å²) in [6, 6.07) is 15.3. The van der Waals surface area contributed by atoms with Crippen molar-refractivity contribution in [3.05, 3.63) is 58.6 Å². The molecule has 0 unspecified atom stereocenters. The van der Waals surface area contributed by atoms with Crippen molar-refractivity contribution in [1.82, 2.24) is 5.12 Å². The van der Waals surface area contributed by atoms with E-state index >= 15 is 0 Å². The maximum atomic E-state index is 6.19. The number of hydrazine groups is 1. The lowest BCUT2D eigenvalue weighted by molar-refractivity contribution is 0.386. The average Bonchev–Trinajstić information content (AvgIpc) is 2.88. The monoisotopic (exact) mass is 306 g/mol. The van der Waals surface area contributed by atoms with Crippen LogP contribution >= 0.6 is 23.2 Å². The minimum absolute atomic E-state index is 0.566. The molecular formula is C14H12Cl2N4. The van der Waals surface area contributed by atoms with Crippen molar-refractivity contribution in [1.29, 1.82) is 0 Å². The largest absolute Gasteiger partial charge is 0.307 e. The first-order chi connectivity index (χ1) is 9.72. The predicted octanol–water partition coefficient (Wildman–Crippen LogP) is 4.04. The zero-order valence-electron chi connectivity index (χ0n) is 10.5. The number of para-hydroxylation sites is 1. The van der Waals surface area contributed by atoms with E-state index in [1.807, 2.05) is 47.4 Å². The van der Waals surface area contributed by atoms with Crippen molar-refractivity contribution >= 4 is 40.9 Å². The predicted molar refractivity (Wildman–Crippen MR) is 84.2 cm³/mol. The highest BCUT2D eigenvalue weighted by Gasteiger charge is 2.17. The average molecular weight is 307 g/mol. The van der Waals surface area contributed by atoms with Gasteiger partial charge in [0.05, 0.1) is 16.4 Å². The highest BCUT2D eigenvalue weighted by Crippen LogP contribution is 2.29.